The van der Waals surface area contributed by atoms with Crippen molar-refractivity contribution in [3.63, 3.8) is 0 Å². The molecular formula is C11H11N5S. The third-order valence-electron chi connectivity index (χ3n) is 2.57. The van der Waals surface area contributed by atoms with Crippen LogP contribution in [0.3, 0.4) is 0 Å². The van der Waals surface area contributed by atoms with E-state index in [1.54, 1.807) is 17.7 Å². The van der Waals surface area contributed by atoms with Gasteiger partial charge in [0.1, 0.15) is 12.2 Å². The van der Waals surface area contributed by atoms with Crippen LogP contribution in [0.15, 0.2) is 36.2 Å². The maximum absolute atomic E-state index is 4.38. The van der Waals surface area contributed by atoms with Gasteiger partial charge in [0.15, 0.2) is 5.82 Å². The number of thiophene rings is 1. The van der Waals surface area contributed by atoms with Gasteiger partial charge in [-0.25, -0.2) is 4.98 Å². The highest BCUT2D eigenvalue weighted by Gasteiger charge is 2.09. The lowest BCUT2D eigenvalue weighted by atomic mass is 10.4. The first-order valence-electron chi connectivity index (χ1n) is 5.22. The lowest BCUT2D eigenvalue weighted by Gasteiger charge is -2.05. The van der Waals surface area contributed by atoms with Gasteiger partial charge in [-0.15, -0.1) is 21.5 Å². The Morgan fingerprint density at radius 1 is 1.41 bits per heavy atom. The molecule has 0 unspecified atom stereocenters. The fraction of sp³-hybridized carbons (Fsp3) is 0.182. The van der Waals surface area contributed by atoms with Gasteiger partial charge in [-0.1, -0.05) is 6.07 Å². The van der Waals surface area contributed by atoms with Crippen molar-refractivity contribution < 1.29 is 0 Å². The van der Waals surface area contributed by atoms with Gasteiger partial charge < -0.3 is 9.13 Å². The Bertz CT molecular complexity index is 607. The van der Waals surface area contributed by atoms with Crippen LogP contribution in [0, 0.1) is 0 Å². The molecule has 0 spiro atoms. The third kappa shape index (κ3) is 1.87. The van der Waals surface area contributed by atoms with Crippen molar-refractivity contribution in [3.8, 4) is 10.7 Å². The van der Waals surface area contributed by atoms with Crippen LogP contribution in [0.4, 0.5) is 0 Å². The largest absolute Gasteiger partial charge is 0.323 e. The molecular weight excluding hydrogens is 234 g/mol. The van der Waals surface area contributed by atoms with E-state index in [2.05, 4.69) is 31.2 Å². The summed E-state index contributed by atoms with van der Waals surface area (Å²) in [6.45, 7) is 0.684. The minimum atomic E-state index is 0.684. The molecule has 0 bridgehead atoms. The van der Waals surface area contributed by atoms with Crippen LogP contribution >= 0.6 is 11.3 Å². The zero-order valence-electron chi connectivity index (χ0n) is 9.32. The number of nitrogens with zero attached hydrogens (tertiary/aromatic N) is 5. The van der Waals surface area contributed by atoms with Crippen LogP contribution in [-0.2, 0) is 13.6 Å². The summed E-state index contributed by atoms with van der Waals surface area (Å²) in [4.78, 5) is 5.55. The molecule has 3 aromatic rings. The maximum Gasteiger partial charge on any atom is 0.152 e. The summed E-state index contributed by atoms with van der Waals surface area (Å²) in [6.07, 6.45) is 5.48. The smallest absolute Gasteiger partial charge is 0.152 e. The minimum Gasteiger partial charge on any atom is -0.323 e. The average Bonchev–Trinajstić information content (AvgIpc) is 3.02. The number of hydrogen-bond donors (Lipinski definition) is 0. The summed E-state index contributed by atoms with van der Waals surface area (Å²) in [5.41, 5.74) is 0. The Hall–Kier alpha value is -1.95. The molecule has 0 radical (unpaired) electrons. The molecule has 6 heteroatoms. The molecule has 3 heterocycles. The van der Waals surface area contributed by atoms with Crippen molar-refractivity contribution in [2.24, 2.45) is 7.05 Å². The predicted octanol–water partition coefficient (Wildman–Crippen LogP) is 1.79. The molecule has 86 valence electrons. The highest BCUT2D eigenvalue weighted by Crippen LogP contribution is 2.23. The molecule has 0 fully saturated rings. The van der Waals surface area contributed by atoms with Gasteiger partial charge in [0, 0.05) is 19.4 Å². The zero-order valence-corrected chi connectivity index (χ0v) is 10.1. The summed E-state index contributed by atoms with van der Waals surface area (Å²) in [7, 11) is 1.94. The second kappa shape index (κ2) is 4.14. The van der Waals surface area contributed by atoms with Crippen LogP contribution in [0.1, 0.15) is 5.82 Å². The van der Waals surface area contributed by atoms with E-state index in [1.165, 1.54) is 0 Å². The number of aryl methyl sites for hydroxylation is 1. The van der Waals surface area contributed by atoms with E-state index >= 15 is 0 Å². The van der Waals surface area contributed by atoms with Crippen molar-refractivity contribution in [1.82, 2.24) is 24.3 Å². The van der Waals surface area contributed by atoms with Crippen LogP contribution in [0.5, 0.6) is 0 Å². The summed E-state index contributed by atoms with van der Waals surface area (Å²) < 4.78 is 3.99. The molecule has 0 aliphatic rings. The van der Waals surface area contributed by atoms with E-state index in [0.717, 1.165) is 16.5 Å². The highest BCUT2D eigenvalue weighted by molar-refractivity contribution is 7.13. The van der Waals surface area contributed by atoms with Gasteiger partial charge >= 0.3 is 0 Å². The van der Waals surface area contributed by atoms with Crippen molar-refractivity contribution in [2.45, 2.75) is 6.54 Å². The zero-order chi connectivity index (χ0) is 11.7. The number of imidazole rings is 1. The van der Waals surface area contributed by atoms with Gasteiger partial charge in [-0.05, 0) is 11.4 Å². The second-order valence-electron chi connectivity index (χ2n) is 3.71. The Morgan fingerprint density at radius 3 is 3.06 bits per heavy atom. The molecule has 0 atom stereocenters. The first-order valence-corrected chi connectivity index (χ1v) is 6.10. The summed E-state index contributed by atoms with van der Waals surface area (Å²) in [6, 6.07) is 4.10. The van der Waals surface area contributed by atoms with E-state index in [4.69, 9.17) is 0 Å². The molecule has 0 saturated heterocycles. The monoisotopic (exact) mass is 245 g/mol. The van der Waals surface area contributed by atoms with Crippen molar-refractivity contribution >= 4 is 11.3 Å². The Kier molecular flexibility index (Phi) is 2.49. The first-order chi connectivity index (χ1) is 8.34. The molecule has 17 heavy (non-hydrogen) atoms. The number of aromatic nitrogens is 5. The molecule has 0 N–H and O–H groups in total. The van der Waals surface area contributed by atoms with E-state index in [0.29, 0.717) is 6.54 Å². The van der Waals surface area contributed by atoms with Gasteiger partial charge in [-0.2, -0.15) is 0 Å². The molecule has 3 rings (SSSR count). The predicted molar refractivity (Wildman–Crippen MR) is 65.6 cm³/mol. The lowest BCUT2D eigenvalue weighted by molar-refractivity contribution is 0.703. The topological polar surface area (TPSA) is 48.5 Å². The van der Waals surface area contributed by atoms with E-state index in [1.807, 2.05) is 30.1 Å². The summed E-state index contributed by atoms with van der Waals surface area (Å²) in [5.74, 6) is 1.89. The molecule has 0 saturated carbocycles. The first kappa shape index (κ1) is 10.2. The van der Waals surface area contributed by atoms with Crippen molar-refractivity contribution in [1.29, 1.82) is 0 Å². The standard InChI is InChI=1S/C11H11N5S/c1-15-8-13-14-10(15)7-16-5-4-12-11(16)9-3-2-6-17-9/h2-6,8H,7H2,1H3. The van der Waals surface area contributed by atoms with Gasteiger partial charge in [0.05, 0.1) is 11.4 Å². The Morgan fingerprint density at radius 2 is 2.35 bits per heavy atom. The minimum absolute atomic E-state index is 0.684. The molecule has 0 aromatic carbocycles. The molecule has 3 aromatic heterocycles. The van der Waals surface area contributed by atoms with Crippen LogP contribution in [0.2, 0.25) is 0 Å². The number of hydrogen-bond acceptors (Lipinski definition) is 4. The highest BCUT2D eigenvalue weighted by atomic mass is 32.1. The van der Waals surface area contributed by atoms with Crippen molar-refractivity contribution in [2.75, 3.05) is 0 Å². The maximum atomic E-state index is 4.38. The summed E-state index contributed by atoms with van der Waals surface area (Å²) in [5, 5.41) is 10.0. The van der Waals surface area contributed by atoms with E-state index in [9.17, 15) is 0 Å². The van der Waals surface area contributed by atoms with Gasteiger partial charge in [0.2, 0.25) is 0 Å². The third-order valence-corrected chi connectivity index (χ3v) is 3.44. The average molecular weight is 245 g/mol. The van der Waals surface area contributed by atoms with E-state index in [-0.39, 0.29) is 0 Å². The second-order valence-corrected chi connectivity index (χ2v) is 4.66. The SMILES string of the molecule is Cn1cnnc1Cn1ccnc1-c1cccs1. The number of rotatable bonds is 3. The fourth-order valence-corrected chi connectivity index (χ4v) is 2.41. The van der Waals surface area contributed by atoms with Crippen LogP contribution < -0.4 is 0 Å². The van der Waals surface area contributed by atoms with Gasteiger partial charge in [-0.3, -0.25) is 0 Å². The molecule has 0 aliphatic carbocycles. The van der Waals surface area contributed by atoms with Crippen LogP contribution in [-0.4, -0.2) is 24.3 Å². The van der Waals surface area contributed by atoms with Gasteiger partial charge in [0.25, 0.3) is 0 Å². The summed E-state index contributed by atoms with van der Waals surface area (Å²) >= 11 is 1.69. The molecule has 5 nitrogen and oxygen atoms in total. The van der Waals surface area contributed by atoms with E-state index < -0.39 is 0 Å². The molecule has 0 amide bonds. The Labute approximate surface area is 102 Å². The Balaban J connectivity index is 1.95. The normalized spacial score (nSPS) is 10.9. The fourth-order valence-electron chi connectivity index (χ4n) is 1.67. The molecule has 0 aliphatic heterocycles. The van der Waals surface area contributed by atoms with Crippen molar-refractivity contribution in [3.05, 3.63) is 42.1 Å². The van der Waals surface area contributed by atoms with Crippen LogP contribution in [0.25, 0.3) is 10.7 Å². The lowest BCUT2D eigenvalue weighted by Crippen LogP contribution is -2.06. The quantitative estimate of drug-likeness (QED) is 0.706.